The molecule has 0 bridgehead atoms. The van der Waals surface area contributed by atoms with Crippen molar-refractivity contribution in [2.45, 2.75) is 53.0 Å². The molecule has 0 amide bonds. The van der Waals surface area contributed by atoms with Crippen molar-refractivity contribution in [3.63, 3.8) is 0 Å². The zero-order chi connectivity index (χ0) is 11.6. The fourth-order valence-corrected chi connectivity index (χ4v) is 2.81. The highest BCUT2D eigenvalue weighted by Crippen LogP contribution is 2.37. The molecule has 1 heterocycles. The Labute approximate surface area is 91.8 Å². The van der Waals surface area contributed by atoms with Gasteiger partial charge in [0.25, 0.3) is 6.43 Å². The molecule has 0 aliphatic carbocycles. The Bertz CT molecular complexity index is 198. The lowest BCUT2D eigenvalue weighted by Gasteiger charge is -2.45. The average molecular weight is 219 g/mol. The first-order valence-corrected chi connectivity index (χ1v) is 5.84. The molecule has 1 rings (SSSR count). The third kappa shape index (κ3) is 3.40. The van der Waals surface area contributed by atoms with E-state index >= 15 is 0 Å². The molecular formula is C12H23F2N. The highest BCUT2D eigenvalue weighted by atomic mass is 19.3. The summed E-state index contributed by atoms with van der Waals surface area (Å²) in [6.07, 6.45) is 0.0230. The summed E-state index contributed by atoms with van der Waals surface area (Å²) in [5, 5.41) is 0. The molecule has 0 aromatic heterocycles. The topological polar surface area (TPSA) is 3.24 Å². The third-order valence-electron chi connectivity index (χ3n) is 3.60. The van der Waals surface area contributed by atoms with E-state index in [9.17, 15) is 8.78 Å². The molecule has 1 fully saturated rings. The van der Waals surface area contributed by atoms with Gasteiger partial charge in [0.1, 0.15) is 0 Å². The van der Waals surface area contributed by atoms with Crippen LogP contribution in [0.15, 0.2) is 0 Å². The Balaban J connectivity index is 2.63. The van der Waals surface area contributed by atoms with Crippen LogP contribution in [0.3, 0.4) is 0 Å². The van der Waals surface area contributed by atoms with Gasteiger partial charge in [0.15, 0.2) is 0 Å². The van der Waals surface area contributed by atoms with E-state index in [-0.39, 0.29) is 18.0 Å². The van der Waals surface area contributed by atoms with E-state index in [1.54, 1.807) is 0 Å². The van der Waals surface area contributed by atoms with Gasteiger partial charge in [-0.25, -0.2) is 8.78 Å². The number of hydrogen-bond donors (Lipinski definition) is 0. The summed E-state index contributed by atoms with van der Waals surface area (Å²) in [5.41, 5.74) is 0.222. The molecule has 1 nitrogen and oxygen atoms in total. The van der Waals surface area contributed by atoms with E-state index in [4.69, 9.17) is 0 Å². The van der Waals surface area contributed by atoms with Crippen LogP contribution in [-0.4, -0.2) is 30.5 Å². The maximum Gasteiger partial charge on any atom is 0.251 e. The summed E-state index contributed by atoms with van der Waals surface area (Å²) in [5.74, 6) is 0.532. The molecule has 1 saturated heterocycles. The molecule has 0 saturated carbocycles. The molecular weight excluding hydrogens is 196 g/mol. The van der Waals surface area contributed by atoms with E-state index < -0.39 is 6.43 Å². The minimum Gasteiger partial charge on any atom is -0.295 e. The van der Waals surface area contributed by atoms with Crippen LogP contribution >= 0.6 is 0 Å². The standard InChI is InChI=1S/C12H23F2N/c1-9-10(12(2,3)4)6-5-7-15(9)8-11(13)14/h9-11H,5-8H2,1-4H3/t9-,10-/m1/s1. The lowest BCUT2D eigenvalue weighted by Crippen LogP contribution is -2.49. The van der Waals surface area contributed by atoms with Crippen molar-refractivity contribution in [2.75, 3.05) is 13.1 Å². The third-order valence-corrected chi connectivity index (χ3v) is 3.60. The van der Waals surface area contributed by atoms with Gasteiger partial charge >= 0.3 is 0 Å². The Morgan fingerprint density at radius 3 is 2.40 bits per heavy atom. The first-order chi connectivity index (χ1) is 6.82. The van der Waals surface area contributed by atoms with Gasteiger partial charge in [0, 0.05) is 6.04 Å². The summed E-state index contributed by atoms with van der Waals surface area (Å²) in [6.45, 7) is 9.49. The summed E-state index contributed by atoms with van der Waals surface area (Å²) in [4.78, 5) is 1.95. The Morgan fingerprint density at radius 2 is 1.93 bits per heavy atom. The Morgan fingerprint density at radius 1 is 1.33 bits per heavy atom. The molecule has 2 atom stereocenters. The van der Waals surface area contributed by atoms with Crippen molar-refractivity contribution in [1.82, 2.24) is 4.90 Å². The maximum atomic E-state index is 12.4. The van der Waals surface area contributed by atoms with Gasteiger partial charge in [-0.15, -0.1) is 0 Å². The first kappa shape index (κ1) is 12.9. The average Bonchev–Trinajstić information content (AvgIpc) is 2.05. The largest absolute Gasteiger partial charge is 0.295 e. The summed E-state index contributed by atoms with van der Waals surface area (Å²) >= 11 is 0. The van der Waals surface area contributed by atoms with Gasteiger partial charge < -0.3 is 0 Å². The molecule has 0 unspecified atom stereocenters. The van der Waals surface area contributed by atoms with Gasteiger partial charge in [-0.05, 0) is 37.6 Å². The van der Waals surface area contributed by atoms with Gasteiger partial charge in [0.2, 0.25) is 0 Å². The Hall–Kier alpha value is -0.180. The lowest BCUT2D eigenvalue weighted by atomic mass is 9.72. The molecule has 0 spiro atoms. The van der Waals surface area contributed by atoms with Crippen LogP contribution in [0.25, 0.3) is 0 Å². The zero-order valence-corrected chi connectivity index (χ0v) is 10.3. The van der Waals surface area contributed by atoms with E-state index in [0.717, 1.165) is 13.0 Å². The van der Waals surface area contributed by atoms with Crippen molar-refractivity contribution in [2.24, 2.45) is 11.3 Å². The highest BCUT2D eigenvalue weighted by Gasteiger charge is 2.36. The van der Waals surface area contributed by atoms with Crippen LogP contribution < -0.4 is 0 Å². The maximum absolute atomic E-state index is 12.4. The quantitative estimate of drug-likeness (QED) is 0.688. The Kier molecular flexibility index (Phi) is 4.10. The SMILES string of the molecule is C[C@@H]1[C@H](C(C)(C)C)CCCN1CC(F)F. The van der Waals surface area contributed by atoms with Crippen LogP contribution in [-0.2, 0) is 0 Å². The first-order valence-electron chi connectivity index (χ1n) is 5.84. The number of halogens is 2. The lowest BCUT2D eigenvalue weighted by molar-refractivity contribution is 0.00121. The van der Waals surface area contributed by atoms with Crippen LogP contribution in [0.4, 0.5) is 8.78 Å². The molecule has 0 aromatic rings. The number of rotatable bonds is 2. The molecule has 0 N–H and O–H groups in total. The monoisotopic (exact) mass is 219 g/mol. The van der Waals surface area contributed by atoms with E-state index in [1.807, 2.05) is 4.90 Å². The number of hydrogen-bond acceptors (Lipinski definition) is 1. The van der Waals surface area contributed by atoms with Crippen LogP contribution in [0.2, 0.25) is 0 Å². The second kappa shape index (κ2) is 4.77. The zero-order valence-electron chi connectivity index (χ0n) is 10.3. The predicted octanol–water partition coefficient (Wildman–Crippen LogP) is 3.40. The molecule has 15 heavy (non-hydrogen) atoms. The van der Waals surface area contributed by atoms with Crippen molar-refractivity contribution >= 4 is 0 Å². The van der Waals surface area contributed by atoms with E-state index in [1.165, 1.54) is 6.42 Å². The molecule has 1 aliphatic rings. The minimum atomic E-state index is -2.20. The minimum absolute atomic E-state index is 0.0618. The van der Waals surface area contributed by atoms with E-state index in [2.05, 4.69) is 27.7 Å². The predicted molar refractivity (Wildman–Crippen MR) is 59.2 cm³/mol. The number of nitrogens with zero attached hydrogens (tertiary/aromatic N) is 1. The summed E-state index contributed by atoms with van der Waals surface area (Å²) < 4.78 is 24.7. The van der Waals surface area contributed by atoms with Crippen molar-refractivity contribution in [1.29, 1.82) is 0 Å². The fourth-order valence-electron chi connectivity index (χ4n) is 2.81. The van der Waals surface area contributed by atoms with Crippen LogP contribution in [0.5, 0.6) is 0 Å². The highest BCUT2D eigenvalue weighted by molar-refractivity contribution is 4.88. The summed E-state index contributed by atoms with van der Waals surface area (Å²) in [6, 6.07) is 0.285. The van der Waals surface area contributed by atoms with Gasteiger partial charge in [-0.2, -0.15) is 0 Å². The van der Waals surface area contributed by atoms with Gasteiger partial charge in [-0.3, -0.25) is 4.90 Å². The van der Waals surface area contributed by atoms with Gasteiger partial charge in [0.05, 0.1) is 6.54 Å². The van der Waals surface area contributed by atoms with E-state index in [0.29, 0.717) is 5.92 Å². The number of alkyl halides is 2. The molecule has 1 aliphatic heterocycles. The second-order valence-corrected chi connectivity index (χ2v) is 5.74. The number of piperidine rings is 1. The van der Waals surface area contributed by atoms with Crippen LogP contribution in [0.1, 0.15) is 40.5 Å². The molecule has 0 aromatic carbocycles. The van der Waals surface area contributed by atoms with Crippen molar-refractivity contribution in [3.05, 3.63) is 0 Å². The smallest absolute Gasteiger partial charge is 0.251 e. The molecule has 0 radical (unpaired) electrons. The molecule has 3 heteroatoms. The summed E-state index contributed by atoms with van der Waals surface area (Å²) in [7, 11) is 0. The normalized spacial score (nSPS) is 29.8. The fraction of sp³-hybridized carbons (Fsp3) is 1.00. The molecule has 90 valence electrons. The van der Waals surface area contributed by atoms with Gasteiger partial charge in [-0.1, -0.05) is 20.8 Å². The number of likely N-dealkylation sites (tertiary alicyclic amines) is 1. The van der Waals surface area contributed by atoms with Crippen LogP contribution in [0, 0.1) is 11.3 Å². The van der Waals surface area contributed by atoms with Crippen molar-refractivity contribution in [3.8, 4) is 0 Å². The van der Waals surface area contributed by atoms with Crippen molar-refractivity contribution < 1.29 is 8.78 Å². The second-order valence-electron chi connectivity index (χ2n) is 5.74.